The second-order valence-electron chi connectivity index (χ2n) is 8.47. The van der Waals surface area contributed by atoms with Gasteiger partial charge in [0.1, 0.15) is 11.6 Å². The summed E-state index contributed by atoms with van der Waals surface area (Å²) < 4.78 is 60.5. The molecule has 0 aliphatic heterocycles. The fourth-order valence-electron chi connectivity index (χ4n) is 3.42. The largest absolute Gasteiger partial charge is 0.490 e. The van der Waals surface area contributed by atoms with E-state index in [0.29, 0.717) is 18.7 Å². The highest BCUT2D eigenvalue weighted by Gasteiger charge is 2.38. The van der Waals surface area contributed by atoms with E-state index in [1.54, 1.807) is 25.3 Å². The number of imidazole rings is 1. The maximum atomic E-state index is 13.0. The number of rotatable bonds is 11. The summed E-state index contributed by atoms with van der Waals surface area (Å²) in [5.74, 6) is -2.08. The molecule has 0 bridgehead atoms. The summed E-state index contributed by atoms with van der Waals surface area (Å²) in [6.07, 6.45) is -0.0222. The van der Waals surface area contributed by atoms with Crippen LogP contribution in [0.25, 0.3) is 11.3 Å². The van der Waals surface area contributed by atoms with E-state index in [1.807, 2.05) is 36.4 Å². The van der Waals surface area contributed by atoms with Crippen molar-refractivity contribution in [3.05, 3.63) is 72.2 Å². The number of sulfonamides is 1. The number of halogens is 3. The van der Waals surface area contributed by atoms with Crippen molar-refractivity contribution in [3.8, 4) is 17.3 Å². The van der Waals surface area contributed by atoms with Gasteiger partial charge in [0, 0.05) is 6.42 Å². The first-order valence-corrected chi connectivity index (χ1v) is 13.2. The number of aliphatic carboxylic acids is 1. The molecule has 2 aromatic carbocycles. The number of carboxylic acid groups (broad SMARTS) is 1. The topological polar surface area (TPSA) is 153 Å². The van der Waals surface area contributed by atoms with E-state index in [9.17, 15) is 26.4 Å². The highest BCUT2D eigenvalue weighted by molar-refractivity contribution is 7.89. The number of Topliss-reactive ketones (excluding diaryl/α,β-unsaturated/α-hetero) is 1. The number of ketones is 1. The van der Waals surface area contributed by atoms with E-state index in [4.69, 9.17) is 15.2 Å². The molecule has 3 rings (SSSR count). The Morgan fingerprint density at radius 2 is 1.77 bits per heavy atom. The highest BCUT2D eigenvalue weighted by Crippen LogP contribution is 2.25. The number of alkyl halides is 3. The van der Waals surface area contributed by atoms with Crippen LogP contribution in [0.15, 0.2) is 65.7 Å². The molecule has 13 heteroatoms. The maximum Gasteiger partial charge on any atom is 0.490 e. The number of carbonyl (C=O) groups is 2. The molecule has 0 saturated heterocycles. The summed E-state index contributed by atoms with van der Waals surface area (Å²) in [6, 6.07) is 17.0. The molecule has 208 valence electrons. The Hall–Kier alpha value is -4.02. The number of aromatic amines is 1. The standard InChI is InChI=1S/C24H26N4O3S.C2HF3O2/c1-18(29)9-4-2-7-14-22(24-26-17-23(27-24)20-11-5-3-6-12-20)28-32(30,31)21-13-8-10-19(15-21)16-25;3-2(4,5)1(6)7/h3,5-6,8,10-13,15,17,22,28H,2,4,7,9,14H2,1H3,(H,26,27);(H,6,7)/t22-;/m0./s1. The van der Waals surface area contributed by atoms with E-state index in [2.05, 4.69) is 14.7 Å². The van der Waals surface area contributed by atoms with E-state index >= 15 is 0 Å². The zero-order valence-corrected chi connectivity index (χ0v) is 21.7. The van der Waals surface area contributed by atoms with Gasteiger partial charge in [-0.2, -0.15) is 18.4 Å². The quantitative estimate of drug-likeness (QED) is 0.273. The minimum absolute atomic E-state index is 0.0352. The number of hydrogen-bond acceptors (Lipinski definition) is 6. The SMILES string of the molecule is CC(=O)CCCCC[C@H](NS(=O)(=O)c1cccc(C#N)c1)c1ncc(-c2ccccc2)[nH]1.O=C(O)C(F)(F)F. The van der Waals surface area contributed by atoms with E-state index < -0.39 is 28.2 Å². The lowest BCUT2D eigenvalue weighted by Gasteiger charge is -2.17. The second kappa shape index (κ2) is 14.2. The number of nitriles is 1. The minimum atomic E-state index is -5.08. The van der Waals surface area contributed by atoms with Crippen LogP contribution in [0.4, 0.5) is 13.2 Å². The van der Waals surface area contributed by atoms with Gasteiger partial charge in [-0.05, 0) is 43.5 Å². The summed E-state index contributed by atoms with van der Waals surface area (Å²) in [4.78, 5) is 27.8. The van der Waals surface area contributed by atoms with Crippen molar-refractivity contribution in [2.75, 3.05) is 0 Å². The van der Waals surface area contributed by atoms with Gasteiger partial charge in [-0.1, -0.05) is 49.2 Å². The normalized spacial score (nSPS) is 12.1. The number of nitrogens with one attached hydrogen (secondary N) is 2. The number of unbranched alkanes of at least 4 members (excludes halogenated alkanes) is 2. The molecule has 0 amide bonds. The van der Waals surface area contributed by atoms with Crippen LogP contribution in [-0.2, 0) is 19.6 Å². The Bertz CT molecular complexity index is 1400. The lowest BCUT2D eigenvalue weighted by molar-refractivity contribution is -0.192. The molecule has 3 aromatic rings. The van der Waals surface area contributed by atoms with E-state index in [1.165, 1.54) is 12.1 Å². The summed E-state index contributed by atoms with van der Waals surface area (Å²) in [7, 11) is -3.87. The molecule has 1 atom stereocenters. The van der Waals surface area contributed by atoms with Gasteiger partial charge in [0.25, 0.3) is 0 Å². The first-order valence-electron chi connectivity index (χ1n) is 11.8. The van der Waals surface area contributed by atoms with Gasteiger partial charge < -0.3 is 14.9 Å². The van der Waals surface area contributed by atoms with Gasteiger partial charge >= 0.3 is 12.1 Å². The molecule has 0 fully saturated rings. The van der Waals surface area contributed by atoms with Gasteiger partial charge in [0.15, 0.2) is 0 Å². The van der Waals surface area contributed by atoms with Crippen LogP contribution >= 0.6 is 0 Å². The van der Waals surface area contributed by atoms with Gasteiger partial charge in [0.2, 0.25) is 10.0 Å². The number of aromatic nitrogens is 2. The van der Waals surface area contributed by atoms with Crippen molar-refractivity contribution in [3.63, 3.8) is 0 Å². The molecule has 1 aromatic heterocycles. The minimum Gasteiger partial charge on any atom is -0.475 e. The van der Waals surface area contributed by atoms with Gasteiger partial charge in [-0.3, -0.25) is 0 Å². The predicted octanol–water partition coefficient (Wildman–Crippen LogP) is 5.14. The molecule has 0 saturated carbocycles. The van der Waals surface area contributed by atoms with Crippen molar-refractivity contribution in [2.45, 2.75) is 56.1 Å². The lowest BCUT2D eigenvalue weighted by atomic mass is 10.1. The van der Waals surface area contributed by atoms with Crippen LogP contribution in [0, 0.1) is 11.3 Å². The maximum absolute atomic E-state index is 13.0. The second-order valence-corrected chi connectivity index (χ2v) is 10.2. The summed E-state index contributed by atoms with van der Waals surface area (Å²) in [5.41, 5.74) is 2.03. The molecular formula is C26H27F3N4O5S. The van der Waals surface area contributed by atoms with Crippen molar-refractivity contribution in [1.82, 2.24) is 14.7 Å². The third-order valence-corrected chi connectivity index (χ3v) is 6.81. The van der Waals surface area contributed by atoms with Gasteiger partial charge in [-0.15, -0.1) is 0 Å². The first-order chi connectivity index (χ1) is 18.3. The van der Waals surface area contributed by atoms with Crippen LogP contribution in [0.2, 0.25) is 0 Å². The number of hydrogen-bond donors (Lipinski definition) is 3. The third kappa shape index (κ3) is 10.3. The summed E-state index contributed by atoms with van der Waals surface area (Å²) >= 11 is 0. The van der Waals surface area contributed by atoms with Crippen LogP contribution in [0.1, 0.15) is 56.5 Å². The molecule has 0 aliphatic rings. The zero-order chi connectivity index (χ0) is 29.1. The molecule has 1 heterocycles. The zero-order valence-electron chi connectivity index (χ0n) is 20.9. The monoisotopic (exact) mass is 564 g/mol. The highest BCUT2D eigenvalue weighted by atomic mass is 32.2. The Labute approximate surface area is 223 Å². The number of benzene rings is 2. The average molecular weight is 565 g/mol. The molecule has 0 unspecified atom stereocenters. The van der Waals surface area contributed by atoms with Gasteiger partial charge in [0.05, 0.1) is 34.5 Å². The lowest BCUT2D eigenvalue weighted by Crippen LogP contribution is -2.29. The van der Waals surface area contributed by atoms with Crippen molar-refractivity contribution in [2.24, 2.45) is 0 Å². The van der Waals surface area contributed by atoms with E-state index in [-0.39, 0.29) is 16.2 Å². The molecule has 0 radical (unpaired) electrons. The van der Waals surface area contributed by atoms with Gasteiger partial charge in [-0.25, -0.2) is 22.9 Å². The Morgan fingerprint density at radius 3 is 2.36 bits per heavy atom. The van der Waals surface area contributed by atoms with Crippen LogP contribution < -0.4 is 4.72 Å². The fraction of sp³-hybridized carbons (Fsp3) is 0.308. The summed E-state index contributed by atoms with van der Waals surface area (Å²) in [5, 5.41) is 16.2. The Balaban J connectivity index is 0.000000673. The Kier molecular flexibility index (Phi) is 11.4. The molecule has 0 spiro atoms. The molecule has 0 aliphatic carbocycles. The Morgan fingerprint density at radius 1 is 1.10 bits per heavy atom. The fourth-order valence-corrected chi connectivity index (χ4v) is 4.70. The molecule has 9 nitrogen and oxygen atoms in total. The number of H-pyrrole nitrogens is 1. The van der Waals surface area contributed by atoms with Crippen LogP contribution in [0.3, 0.4) is 0 Å². The molecule has 3 N–H and O–H groups in total. The predicted molar refractivity (Wildman–Crippen MR) is 136 cm³/mol. The van der Waals surface area contributed by atoms with Crippen LogP contribution in [0.5, 0.6) is 0 Å². The molecular weight excluding hydrogens is 537 g/mol. The third-order valence-electron chi connectivity index (χ3n) is 5.35. The van der Waals surface area contributed by atoms with Crippen molar-refractivity contribution in [1.29, 1.82) is 5.26 Å². The first kappa shape index (κ1) is 31.2. The van der Waals surface area contributed by atoms with E-state index in [0.717, 1.165) is 30.5 Å². The number of carboxylic acids is 1. The van der Waals surface area contributed by atoms with Crippen LogP contribution in [-0.4, -0.2) is 41.4 Å². The summed E-state index contributed by atoms with van der Waals surface area (Å²) in [6.45, 7) is 1.57. The molecule has 39 heavy (non-hydrogen) atoms. The number of carbonyl (C=O) groups excluding carboxylic acids is 1. The van der Waals surface area contributed by atoms with Crippen molar-refractivity contribution < 1.29 is 36.3 Å². The van der Waals surface area contributed by atoms with Crippen molar-refractivity contribution >= 4 is 21.8 Å². The average Bonchev–Trinajstić information content (AvgIpc) is 3.38. The number of nitrogens with zero attached hydrogens (tertiary/aromatic N) is 2. The smallest absolute Gasteiger partial charge is 0.475 e.